The molecule has 3 unspecified atom stereocenters. The van der Waals surface area contributed by atoms with Crippen molar-refractivity contribution >= 4 is 27.8 Å². The summed E-state index contributed by atoms with van der Waals surface area (Å²) in [5.74, 6) is 0.0790. The Bertz CT molecular complexity index is 633. The molecule has 1 heterocycles. The van der Waals surface area contributed by atoms with E-state index in [1.54, 1.807) is 18.1 Å². The summed E-state index contributed by atoms with van der Waals surface area (Å²) in [6.45, 7) is 0.566. The maximum Gasteiger partial charge on any atom is 0.326 e. The number of rotatable bonds is 4. The van der Waals surface area contributed by atoms with E-state index in [9.17, 15) is 14.7 Å². The third-order valence-electron chi connectivity index (χ3n) is 5.05. The summed E-state index contributed by atoms with van der Waals surface area (Å²) in [5, 5.41) is 9.56. The molecule has 23 heavy (non-hydrogen) atoms. The van der Waals surface area contributed by atoms with Gasteiger partial charge in [0, 0.05) is 16.6 Å². The summed E-state index contributed by atoms with van der Waals surface area (Å²) in [4.78, 5) is 26.0. The summed E-state index contributed by atoms with van der Waals surface area (Å²) >= 11 is 3.40. The molecule has 1 N–H and O–H groups in total. The van der Waals surface area contributed by atoms with Crippen LogP contribution in [0.1, 0.15) is 24.8 Å². The Morgan fingerprint density at radius 2 is 2.17 bits per heavy atom. The van der Waals surface area contributed by atoms with E-state index in [0.717, 1.165) is 29.3 Å². The van der Waals surface area contributed by atoms with Crippen LogP contribution in [0, 0.1) is 11.8 Å². The van der Waals surface area contributed by atoms with Gasteiger partial charge in [0.15, 0.2) is 0 Å². The van der Waals surface area contributed by atoms with Crippen LogP contribution in [0.5, 0.6) is 5.75 Å². The zero-order valence-electron chi connectivity index (χ0n) is 13.0. The predicted octanol–water partition coefficient (Wildman–Crippen LogP) is 2.71. The highest BCUT2D eigenvalue weighted by molar-refractivity contribution is 9.10. The smallest absolute Gasteiger partial charge is 0.326 e. The van der Waals surface area contributed by atoms with Gasteiger partial charge in [-0.1, -0.05) is 22.4 Å². The van der Waals surface area contributed by atoms with Crippen molar-refractivity contribution < 1.29 is 19.4 Å². The second-order valence-electron chi connectivity index (χ2n) is 6.32. The fourth-order valence-corrected chi connectivity index (χ4v) is 4.44. The summed E-state index contributed by atoms with van der Waals surface area (Å²) in [6.07, 6.45) is 3.16. The largest absolute Gasteiger partial charge is 0.496 e. The second kappa shape index (κ2) is 6.51. The number of hydrogen-bond acceptors (Lipinski definition) is 3. The van der Waals surface area contributed by atoms with E-state index in [4.69, 9.17) is 4.74 Å². The number of nitrogens with zero attached hydrogens (tertiary/aromatic N) is 1. The first kappa shape index (κ1) is 16.3. The number of methoxy groups -OCH3 is 1. The molecule has 1 aromatic rings. The van der Waals surface area contributed by atoms with E-state index in [0.29, 0.717) is 18.2 Å². The molecule has 1 aliphatic carbocycles. The Labute approximate surface area is 143 Å². The number of carboxylic acid groups (broad SMARTS) is 1. The van der Waals surface area contributed by atoms with Crippen molar-refractivity contribution in [2.45, 2.75) is 31.7 Å². The first-order valence-corrected chi connectivity index (χ1v) is 8.65. The average molecular weight is 382 g/mol. The number of amides is 1. The van der Waals surface area contributed by atoms with Crippen LogP contribution in [0.15, 0.2) is 22.7 Å². The van der Waals surface area contributed by atoms with Crippen molar-refractivity contribution in [2.75, 3.05) is 13.7 Å². The van der Waals surface area contributed by atoms with E-state index in [-0.39, 0.29) is 18.2 Å². The van der Waals surface area contributed by atoms with Crippen LogP contribution < -0.4 is 4.74 Å². The summed E-state index contributed by atoms with van der Waals surface area (Å²) in [7, 11) is 1.57. The van der Waals surface area contributed by atoms with Crippen molar-refractivity contribution in [3.63, 3.8) is 0 Å². The molecule has 0 radical (unpaired) electrons. The summed E-state index contributed by atoms with van der Waals surface area (Å²) in [6, 6.07) is 4.84. The maximum absolute atomic E-state index is 12.7. The summed E-state index contributed by atoms with van der Waals surface area (Å²) < 4.78 is 6.17. The number of carboxylic acids is 1. The molecular weight excluding hydrogens is 362 g/mol. The van der Waals surface area contributed by atoms with Gasteiger partial charge >= 0.3 is 5.97 Å². The standard InChI is InChI=1S/C17H20BrNO4/c1-23-14-6-5-12(18)7-11(14)8-15(20)19-9-10-3-2-4-13(10)16(19)17(21)22/h5-7,10,13,16H,2-4,8-9H2,1H3,(H,21,22). The molecule has 1 saturated carbocycles. The lowest BCUT2D eigenvalue weighted by Crippen LogP contribution is -2.44. The first-order chi connectivity index (χ1) is 11.0. The monoisotopic (exact) mass is 381 g/mol. The van der Waals surface area contributed by atoms with E-state index in [1.165, 1.54) is 0 Å². The van der Waals surface area contributed by atoms with Crippen LogP contribution in [0.2, 0.25) is 0 Å². The van der Waals surface area contributed by atoms with Gasteiger partial charge in [0.25, 0.3) is 0 Å². The topological polar surface area (TPSA) is 66.8 Å². The van der Waals surface area contributed by atoms with Gasteiger partial charge in [0.2, 0.25) is 5.91 Å². The van der Waals surface area contributed by atoms with Crippen LogP contribution in [0.4, 0.5) is 0 Å². The molecule has 5 nitrogen and oxygen atoms in total. The number of benzene rings is 1. The Kier molecular flexibility index (Phi) is 4.62. The molecule has 0 bridgehead atoms. The van der Waals surface area contributed by atoms with E-state index >= 15 is 0 Å². The molecule has 0 aromatic heterocycles. The number of likely N-dealkylation sites (tertiary alicyclic amines) is 1. The SMILES string of the molecule is COc1ccc(Br)cc1CC(=O)N1CC2CCCC2C1C(=O)O. The zero-order valence-corrected chi connectivity index (χ0v) is 14.6. The van der Waals surface area contributed by atoms with Crippen molar-refractivity contribution in [1.82, 2.24) is 4.90 Å². The molecule has 2 fully saturated rings. The number of carbonyl (C=O) groups excluding carboxylic acids is 1. The molecule has 3 rings (SSSR count). The minimum Gasteiger partial charge on any atom is -0.496 e. The van der Waals surface area contributed by atoms with Gasteiger partial charge in [-0.3, -0.25) is 4.79 Å². The Morgan fingerprint density at radius 1 is 1.39 bits per heavy atom. The molecule has 1 amide bonds. The maximum atomic E-state index is 12.7. The minimum atomic E-state index is -0.881. The molecule has 2 aliphatic rings. The highest BCUT2D eigenvalue weighted by atomic mass is 79.9. The third-order valence-corrected chi connectivity index (χ3v) is 5.54. The molecule has 0 spiro atoms. The van der Waals surface area contributed by atoms with Crippen molar-refractivity contribution in [3.05, 3.63) is 28.2 Å². The second-order valence-corrected chi connectivity index (χ2v) is 7.23. The van der Waals surface area contributed by atoms with Crippen LogP contribution in [0.3, 0.4) is 0 Å². The molecule has 124 valence electrons. The van der Waals surface area contributed by atoms with Gasteiger partial charge in [-0.15, -0.1) is 0 Å². The van der Waals surface area contributed by atoms with Crippen LogP contribution in [-0.2, 0) is 16.0 Å². The molecule has 1 aromatic carbocycles. The lowest BCUT2D eigenvalue weighted by atomic mass is 9.94. The van der Waals surface area contributed by atoms with Gasteiger partial charge in [0.1, 0.15) is 11.8 Å². The first-order valence-electron chi connectivity index (χ1n) is 7.86. The Hall–Kier alpha value is -1.56. The number of fused-ring (bicyclic) bond motifs is 1. The lowest BCUT2D eigenvalue weighted by Gasteiger charge is -2.24. The molecule has 1 aliphatic heterocycles. The molecular formula is C17H20BrNO4. The number of hydrogen-bond donors (Lipinski definition) is 1. The molecule has 3 atom stereocenters. The van der Waals surface area contributed by atoms with E-state index in [2.05, 4.69) is 15.9 Å². The highest BCUT2D eigenvalue weighted by Crippen LogP contribution is 2.42. The van der Waals surface area contributed by atoms with Crippen LogP contribution >= 0.6 is 15.9 Å². The van der Waals surface area contributed by atoms with E-state index < -0.39 is 12.0 Å². The van der Waals surface area contributed by atoms with Gasteiger partial charge in [-0.2, -0.15) is 0 Å². The van der Waals surface area contributed by atoms with E-state index in [1.807, 2.05) is 12.1 Å². The average Bonchev–Trinajstić information content (AvgIpc) is 3.07. The summed E-state index contributed by atoms with van der Waals surface area (Å²) in [5.41, 5.74) is 0.771. The predicted molar refractivity (Wildman–Crippen MR) is 88.4 cm³/mol. The fraction of sp³-hybridized carbons (Fsp3) is 0.529. The molecule has 6 heteroatoms. The van der Waals surface area contributed by atoms with Crippen molar-refractivity contribution in [1.29, 1.82) is 0 Å². The quantitative estimate of drug-likeness (QED) is 0.870. The fourth-order valence-electron chi connectivity index (χ4n) is 4.03. The molecule has 1 saturated heterocycles. The minimum absolute atomic E-state index is 0.112. The van der Waals surface area contributed by atoms with Crippen molar-refractivity contribution in [2.24, 2.45) is 11.8 Å². The zero-order chi connectivity index (χ0) is 16.6. The van der Waals surface area contributed by atoms with Crippen molar-refractivity contribution in [3.8, 4) is 5.75 Å². The Balaban J connectivity index is 1.80. The number of aliphatic carboxylic acids is 1. The van der Waals surface area contributed by atoms with Gasteiger partial charge in [-0.05, 0) is 42.9 Å². The number of carbonyl (C=O) groups is 2. The van der Waals surface area contributed by atoms with Gasteiger partial charge in [0.05, 0.1) is 13.5 Å². The third kappa shape index (κ3) is 3.09. The van der Waals surface area contributed by atoms with Crippen LogP contribution in [0.25, 0.3) is 0 Å². The Morgan fingerprint density at radius 3 is 2.87 bits per heavy atom. The normalized spacial score (nSPS) is 26.2. The highest BCUT2D eigenvalue weighted by Gasteiger charge is 2.49. The lowest BCUT2D eigenvalue weighted by molar-refractivity contribution is -0.149. The van der Waals surface area contributed by atoms with Gasteiger partial charge in [-0.25, -0.2) is 4.79 Å². The number of halogens is 1. The van der Waals surface area contributed by atoms with Gasteiger partial charge < -0.3 is 14.7 Å². The van der Waals surface area contributed by atoms with Crippen LogP contribution in [-0.4, -0.2) is 41.6 Å². The number of ether oxygens (including phenoxy) is 1.